The highest BCUT2D eigenvalue weighted by molar-refractivity contribution is 7.13. The van der Waals surface area contributed by atoms with Gasteiger partial charge in [0.15, 0.2) is 0 Å². The first kappa shape index (κ1) is 28.0. The van der Waals surface area contributed by atoms with Crippen molar-refractivity contribution in [2.45, 2.75) is 69.2 Å². The number of carbonyl (C=O) groups is 1. The fraction of sp³-hybridized carbons (Fsp3) is 0.515. The van der Waals surface area contributed by atoms with Crippen LogP contribution in [0.3, 0.4) is 0 Å². The molecule has 6 heteroatoms. The van der Waals surface area contributed by atoms with Gasteiger partial charge in [-0.05, 0) is 76.2 Å². The summed E-state index contributed by atoms with van der Waals surface area (Å²) in [5.41, 5.74) is 3.89. The van der Waals surface area contributed by atoms with E-state index < -0.39 is 5.97 Å². The number of aromatic nitrogens is 1. The van der Waals surface area contributed by atoms with Crippen molar-refractivity contribution in [2.75, 3.05) is 33.2 Å². The summed E-state index contributed by atoms with van der Waals surface area (Å²) in [6.07, 6.45) is 9.42. The lowest BCUT2D eigenvalue weighted by atomic mass is 9.83. The van der Waals surface area contributed by atoms with E-state index in [1.54, 1.807) is 11.3 Å². The van der Waals surface area contributed by atoms with Gasteiger partial charge in [-0.25, -0.2) is 4.98 Å². The number of thiazole rings is 1. The van der Waals surface area contributed by atoms with Crippen LogP contribution in [0.15, 0.2) is 66.0 Å². The van der Waals surface area contributed by atoms with Crippen molar-refractivity contribution in [2.24, 2.45) is 5.92 Å². The van der Waals surface area contributed by atoms with Crippen molar-refractivity contribution in [3.8, 4) is 10.6 Å². The number of nitrogens with zero attached hydrogens (tertiary/aromatic N) is 3. The van der Waals surface area contributed by atoms with Crippen LogP contribution >= 0.6 is 11.3 Å². The van der Waals surface area contributed by atoms with Crippen LogP contribution in [-0.2, 0) is 4.79 Å². The Kier molecular flexibility index (Phi) is 9.83. The molecule has 2 atom stereocenters. The number of carboxylic acid groups (broad SMARTS) is 1. The first-order valence-corrected chi connectivity index (χ1v) is 15.7. The lowest BCUT2D eigenvalue weighted by molar-refractivity contribution is -0.145. The molecule has 39 heavy (non-hydrogen) atoms. The highest BCUT2D eigenvalue weighted by Gasteiger charge is 2.38. The van der Waals surface area contributed by atoms with Crippen molar-refractivity contribution in [1.82, 2.24) is 14.8 Å². The molecule has 2 aromatic carbocycles. The third kappa shape index (κ3) is 7.36. The number of carboxylic acids is 1. The molecule has 1 aromatic heterocycles. The van der Waals surface area contributed by atoms with E-state index in [1.807, 2.05) is 6.07 Å². The van der Waals surface area contributed by atoms with Crippen LogP contribution in [0, 0.1) is 5.92 Å². The number of rotatable bonds is 6. The molecule has 3 aliphatic rings. The van der Waals surface area contributed by atoms with Gasteiger partial charge in [0.1, 0.15) is 11.0 Å². The molecule has 3 heterocycles. The Morgan fingerprint density at radius 3 is 2.18 bits per heavy atom. The highest BCUT2D eigenvalue weighted by Crippen LogP contribution is 2.35. The van der Waals surface area contributed by atoms with Gasteiger partial charge < -0.3 is 10.0 Å². The van der Waals surface area contributed by atoms with Crippen LogP contribution in [0.2, 0.25) is 0 Å². The predicted octanol–water partition coefficient (Wildman–Crippen LogP) is 7.13. The maximum Gasteiger partial charge on any atom is 0.321 e. The molecule has 2 saturated heterocycles. The molecule has 208 valence electrons. The van der Waals surface area contributed by atoms with Crippen LogP contribution in [0.25, 0.3) is 10.6 Å². The molecule has 5 nitrogen and oxygen atoms in total. The Bertz CT molecular complexity index is 1150. The minimum atomic E-state index is -0.615. The Balaban J connectivity index is 0.000000160. The zero-order chi connectivity index (χ0) is 27.0. The van der Waals surface area contributed by atoms with Crippen LogP contribution < -0.4 is 0 Å². The minimum Gasteiger partial charge on any atom is -0.480 e. The Morgan fingerprint density at radius 2 is 1.51 bits per heavy atom. The number of aliphatic carboxylic acids is 1. The third-order valence-electron chi connectivity index (χ3n) is 8.91. The van der Waals surface area contributed by atoms with Crippen molar-refractivity contribution in [3.63, 3.8) is 0 Å². The summed E-state index contributed by atoms with van der Waals surface area (Å²) in [6.45, 7) is 4.22. The van der Waals surface area contributed by atoms with Crippen molar-refractivity contribution in [1.29, 1.82) is 0 Å². The molecule has 1 unspecified atom stereocenters. The largest absolute Gasteiger partial charge is 0.480 e. The molecule has 6 rings (SSSR count). The third-order valence-corrected chi connectivity index (χ3v) is 9.82. The Hall–Kier alpha value is -2.54. The van der Waals surface area contributed by atoms with Gasteiger partial charge >= 0.3 is 5.97 Å². The first-order chi connectivity index (χ1) is 19.1. The average Bonchev–Trinajstić information content (AvgIpc) is 3.66. The summed E-state index contributed by atoms with van der Waals surface area (Å²) < 4.78 is 0. The predicted molar refractivity (Wildman–Crippen MR) is 160 cm³/mol. The summed E-state index contributed by atoms with van der Waals surface area (Å²) >= 11 is 1.77. The highest BCUT2D eigenvalue weighted by atomic mass is 32.1. The Morgan fingerprint density at radius 1 is 0.872 bits per heavy atom. The molecular formula is C33H43N3O2S. The second kappa shape index (κ2) is 13.7. The van der Waals surface area contributed by atoms with Gasteiger partial charge in [0.25, 0.3) is 0 Å². The lowest BCUT2D eigenvalue weighted by Crippen LogP contribution is -2.45. The molecular weight excluding hydrogens is 502 g/mol. The van der Waals surface area contributed by atoms with Crippen molar-refractivity contribution < 1.29 is 9.90 Å². The topological polar surface area (TPSA) is 56.7 Å². The molecule has 1 saturated carbocycles. The lowest BCUT2D eigenvalue weighted by Gasteiger charge is -2.33. The normalized spacial score (nSPS) is 22.2. The van der Waals surface area contributed by atoms with E-state index in [1.165, 1.54) is 62.0 Å². The fourth-order valence-electron chi connectivity index (χ4n) is 6.63. The first-order valence-electron chi connectivity index (χ1n) is 14.8. The molecule has 3 fully saturated rings. The number of hydrogen-bond acceptors (Lipinski definition) is 5. The quantitative estimate of drug-likeness (QED) is 0.357. The number of hydrogen-bond donors (Lipinski definition) is 1. The summed E-state index contributed by atoms with van der Waals surface area (Å²) in [4.78, 5) is 21.3. The molecule has 3 aromatic rings. The summed E-state index contributed by atoms with van der Waals surface area (Å²) in [5, 5.41) is 13.1. The van der Waals surface area contributed by atoms with Gasteiger partial charge in [-0.2, -0.15) is 0 Å². The Labute approximate surface area is 237 Å². The monoisotopic (exact) mass is 545 g/mol. The van der Waals surface area contributed by atoms with Crippen LogP contribution in [0.4, 0.5) is 0 Å². The van der Waals surface area contributed by atoms with Crippen LogP contribution in [0.5, 0.6) is 0 Å². The molecule has 2 aliphatic heterocycles. The van der Waals surface area contributed by atoms with Gasteiger partial charge in [0.05, 0.1) is 5.69 Å². The van der Waals surface area contributed by atoms with Crippen molar-refractivity contribution >= 4 is 17.3 Å². The van der Waals surface area contributed by atoms with Gasteiger partial charge in [0.2, 0.25) is 0 Å². The van der Waals surface area contributed by atoms with E-state index in [9.17, 15) is 9.90 Å². The van der Waals surface area contributed by atoms with E-state index in [0.717, 1.165) is 37.4 Å². The standard InChI is InChI=1S/C18H25NO2.C15H18N2S/c20-18(21)17(15-9-5-2-6-10-15)19-12-11-16(13-19)14-7-3-1-4-8-14;1-17-9-7-12(8-10-17)14-11-18-15(16-14)13-5-3-2-4-6-13/h1,3-4,7-8,15-17H,2,5-6,9-13H2,(H,20,21);2-6,11-12H,7-10H2,1H3/t16?,17-;/m1./s1. The van der Waals surface area contributed by atoms with E-state index in [-0.39, 0.29) is 6.04 Å². The van der Waals surface area contributed by atoms with E-state index in [2.05, 4.69) is 76.8 Å². The molecule has 0 radical (unpaired) electrons. The zero-order valence-electron chi connectivity index (χ0n) is 23.3. The van der Waals surface area contributed by atoms with Gasteiger partial charge in [-0.1, -0.05) is 79.9 Å². The summed E-state index contributed by atoms with van der Waals surface area (Å²) in [7, 11) is 2.20. The summed E-state index contributed by atoms with van der Waals surface area (Å²) in [6, 6.07) is 20.7. The smallest absolute Gasteiger partial charge is 0.321 e. The molecule has 0 bridgehead atoms. The second-order valence-corrected chi connectivity index (χ2v) is 12.5. The minimum absolute atomic E-state index is 0.265. The van der Waals surface area contributed by atoms with E-state index >= 15 is 0 Å². The van der Waals surface area contributed by atoms with Gasteiger partial charge in [-0.15, -0.1) is 11.3 Å². The van der Waals surface area contributed by atoms with Gasteiger partial charge in [-0.3, -0.25) is 9.69 Å². The van der Waals surface area contributed by atoms with E-state index in [0.29, 0.717) is 17.8 Å². The van der Waals surface area contributed by atoms with E-state index in [4.69, 9.17) is 4.98 Å². The maximum atomic E-state index is 11.8. The van der Waals surface area contributed by atoms with Crippen LogP contribution in [0.1, 0.15) is 74.5 Å². The molecule has 0 amide bonds. The average molecular weight is 546 g/mol. The fourth-order valence-corrected chi connectivity index (χ4v) is 7.54. The zero-order valence-corrected chi connectivity index (χ0v) is 24.1. The molecule has 1 aliphatic carbocycles. The second-order valence-electron chi connectivity index (χ2n) is 11.6. The molecule has 1 N–H and O–H groups in total. The summed E-state index contributed by atoms with van der Waals surface area (Å²) in [5.74, 6) is 0.896. The van der Waals surface area contributed by atoms with Gasteiger partial charge in [0, 0.05) is 23.4 Å². The van der Waals surface area contributed by atoms with Crippen LogP contribution in [-0.4, -0.2) is 65.1 Å². The SMILES string of the molecule is CN1CCC(c2csc(-c3ccccc3)n2)CC1.O=C(O)[C@@H](C1CCCCC1)N1CCC(c2ccccc2)C1. The maximum absolute atomic E-state index is 11.8. The van der Waals surface area contributed by atoms with Crippen molar-refractivity contribution in [3.05, 3.63) is 77.3 Å². The molecule has 0 spiro atoms. The number of piperidine rings is 1. The number of likely N-dealkylation sites (tertiary alicyclic amines) is 2. The number of benzene rings is 2.